The van der Waals surface area contributed by atoms with Crippen molar-refractivity contribution in [1.82, 2.24) is 4.90 Å². The highest BCUT2D eigenvalue weighted by Gasteiger charge is 2.36. The van der Waals surface area contributed by atoms with E-state index in [1.54, 1.807) is 19.2 Å². The van der Waals surface area contributed by atoms with Crippen molar-refractivity contribution < 1.29 is 24.5 Å². The van der Waals surface area contributed by atoms with Crippen molar-refractivity contribution in [1.29, 1.82) is 0 Å². The number of hydrogen-bond acceptors (Lipinski definition) is 4. The van der Waals surface area contributed by atoms with Crippen molar-refractivity contribution in [3.8, 4) is 0 Å². The van der Waals surface area contributed by atoms with Crippen molar-refractivity contribution in [3.05, 3.63) is 34.9 Å². The smallest absolute Gasteiger partial charge is 0.410 e. The minimum Gasteiger partial charge on any atom is -0.481 e. The maximum atomic E-state index is 12.0. The predicted molar refractivity (Wildman–Crippen MR) is 83.9 cm³/mol. The molecular formula is C17H23NO5. The monoisotopic (exact) mass is 321 g/mol. The third-order valence-corrected chi connectivity index (χ3v) is 3.79. The van der Waals surface area contributed by atoms with Gasteiger partial charge in [-0.15, -0.1) is 0 Å². The molecular weight excluding hydrogens is 298 g/mol. The Labute approximate surface area is 135 Å². The molecule has 126 valence electrons. The van der Waals surface area contributed by atoms with E-state index in [9.17, 15) is 14.7 Å². The number of ether oxygens (including phenoxy) is 1. The lowest BCUT2D eigenvalue weighted by Crippen LogP contribution is -2.33. The van der Waals surface area contributed by atoms with Gasteiger partial charge in [0.15, 0.2) is 0 Å². The molecule has 0 spiro atoms. The quantitative estimate of drug-likeness (QED) is 0.892. The molecule has 0 aromatic heterocycles. The minimum atomic E-state index is -0.999. The lowest BCUT2D eigenvalue weighted by molar-refractivity contribution is -0.145. The molecule has 23 heavy (non-hydrogen) atoms. The number of nitrogens with zero attached hydrogens (tertiary/aromatic N) is 1. The fraction of sp³-hybridized carbons (Fsp3) is 0.529. The van der Waals surface area contributed by atoms with Gasteiger partial charge in [0.05, 0.1) is 12.0 Å². The van der Waals surface area contributed by atoms with Gasteiger partial charge in [-0.1, -0.05) is 18.2 Å². The van der Waals surface area contributed by atoms with E-state index in [0.717, 1.165) is 11.1 Å². The summed E-state index contributed by atoms with van der Waals surface area (Å²) in [6, 6.07) is 5.39. The SMILES string of the molecule is CN(Cc1ccc2c(c1)C[C@H](C(=O)O)[C@@H]2O)C(=O)OC(C)(C)C. The standard InChI is InChI=1S/C17H23NO5/c1-17(2,3)23-16(22)18(4)9-10-5-6-12-11(7-10)8-13(14(12)19)15(20)21/h5-7,13-14,19H,8-9H2,1-4H3,(H,20,21)/t13-,14+/m0/s1. The molecule has 6 heteroatoms. The highest BCUT2D eigenvalue weighted by molar-refractivity contribution is 5.73. The van der Waals surface area contributed by atoms with Crippen LogP contribution in [-0.4, -0.2) is 39.8 Å². The number of carbonyl (C=O) groups is 2. The summed E-state index contributed by atoms with van der Waals surface area (Å²) in [6.45, 7) is 5.78. The summed E-state index contributed by atoms with van der Waals surface area (Å²) in [5.74, 6) is -1.80. The molecule has 0 fully saturated rings. The van der Waals surface area contributed by atoms with Crippen LogP contribution < -0.4 is 0 Å². The predicted octanol–water partition coefficient (Wildman–Crippen LogP) is 2.34. The third-order valence-electron chi connectivity index (χ3n) is 3.79. The molecule has 0 radical (unpaired) electrons. The lowest BCUT2D eigenvalue weighted by atomic mass is 10.0. The zero-order valence-electron chi connectivity index (χ0n) is 13.9. The van der Waals surface area contributed by atoms with Gasteiger partial charge in [0.1, 0.15) is 5.60 Å². The number of amides is 1. The second kappa shape index (κ2) is 6.20. The van der Waals surface area contributed by atoms with Gasteiger partial charge in [-0.25, -0.2) is 4.79 Å². The van der Waals surface area contributed by atoms with Crippen LogP contribution in [0.15, 0.2) is 18.2 Å². The molecule has 2 N–H and O–H groups in total. The highest BCUT2D eigenvalue weighted by Crippen LogP contribution is 2.36. The number of rotatable bonds is 3. The molecule has 1 aromatic rings. The van der Waals surface area contributed by atoms with Crippen molar-refractivity contribution in [2.45, 2.75) is 45.4 Å². The molecule has 1 aliphatic carbocycles. The molecule has 2 atom stereocenters. The minimum absolute atomic E-state index is 0.301. The number of aliphatic carboxylic acids is 1. The second-order valence-electron chi connectivity index (χ2n) is 6.96. The number of carboxylic acids is 1. The Balaban J connectivity index is 2.08. The van der Waals surface area contributed by atoms with Gasteiger partial charge < -0.3 is 19.8 Å². The summed E-state index contributed by atoms with van der Waals surface area (Å²) in [4.78, 5) is 24.6. The molecule has 0 saturated carbocycles. The van der Waals surface area contributed by atoms with Crippen LogP contribution in [0.25, 0.3) is 0 Å². The Hall–Kier alpha value is -2.08. The molecule has 6 nitrogen and oxygen atoms in total. The van der Waals surface area contributed by atoms with Crippen LogP contribution in [0, 0.1) is 5.92 Å². The van der Waals surface area contributed by atoms with E-state index >= 15 is 0 Å². The van der Waals surface area contributed by atoms with E-state index in [4.69, 9.17) is 9.84 Å². The first kappa shape index (κ1) is 17.3. The van der Waals surface area contributed by atoms with Gasteiger partial charge in [-0.3, -0.25) is 4.79 Å². The fourth-order valence-electron chi connectivity index (χ4n) is 2.69. The van der Waals surface area contributed by atoms with Crippen LogP contribution in [0.1, 0.15) is 43.6 Å². The lowest BCUT2D eigenvalue weighted by Gasteiger charge is -2.24. The number of fused-ring (bicyclic) bond motifs is 1. The largest absolute Gasteiger partial charge is 0.481 e. The number of aliphatic hydroxyl groups is 1. The topological polar surface area (TPSA) is 87.1 Å². The van der Waals surface area contributed by atoms with E-state index in [-0.39, 0.29) is 0 Å². The average molecular weight is 321 g/mol. The zero-order chi connectivity index (χ0) is 17.4. The van der Waals surface area contributed by atoms with Crippen LogP contribution in [-0.2, 0) is 22.5 Å². The van der Waals surface area contributed by atoms with E-state index in [1.807, 2.05) is 26.8 Å². The van der Waals surface area contributed by atoms with Gasteiger partial charge >= 0.3 is 12.1 Å². The van der Waals surface area contributed by atoms with E-state index in [1.165, 1.54) is 4.90 Å². The molecule has 1 amide bonds. The average Bonchev–Trinajstić information content (AvgIpc) is 2.74. The van der Waals surface area contributed by atoms with Gasteiger partial charge in [-0.2, -0.15) is 0 Å². The number of carbonyl (C=O) groups excluding carboxylic acids is 1. The van der Waals surface area contributed by atoms with Crippen molar-refractivity contribution >= 4 is 12.1 Å². The molecule has 0 unspecified atom stereocenters. The number of hydrogen-bond donors (Lipinski definition) is 2. The summed E-state index contributed by atoms with van der Waals surface area (Å²) >= 11 is 0. The van der Waals surface area contributed by atoms with E-state index in [0.29, 0.717) is 18.5 Å². The number of aliphatic hydroxyl groups excluding tert-OH is 1. The maximum Gasteiger partial charge on any atom is 0.410 e. The van der Waals surface area contributed by atoms with Crippen molar-refractivity contribution in [2.24, 2.45) is 5.92 Å². The zero-order valence-corrected chi connectivity index (χ0v) is 13.9. The van der Waals surface area contributed by atoms with Crippen LogP contribution in [0.2, 0.25) is 0 Å². The Morgan fingerprint density at radius 3 is 2.57 bits per heavy atom. The van der Waals surface area contributed by atoms with Crippen LogP contribution in [0.5, 0.6) is 0 Å². The molecule has 0 heterocycles. The normalized spacial score (nSPS) is 20.0. The summed E-state index contributed by atoms with van der Waals surface area (Å²) in [6.07, 6.45) is -1.09. The van der Waals surface area contributed by atoms with E-state index in [2.05, 4.69) is 0 Å². The van der Waals surface area contributed by atoms with Crippen LogP contribution >= 0.6 is 0 Å². The fourth-order valence-corrected chi connectivity index (χ4v) is 2.69. The first-order valence-corrected chi connectivity index (χ1v) is 7.55. The van der Waals surface area contributed by atoms with Crippen molar-refractivity contribution in [3.63, 3.8) is 0 Å². The summed E-state index contributed by atoms with van der Waals surface area (Å²) in [5, 5.41) is 19.2. The first-order valence-electron chi connectivity index (χ1n) is 7.55. The molecule has 0 saturated heterocycles. The van der Waals surface area contributed by atoms with Crippen LogP contribution in [0.3, 0.4) is 0 Å². The summed E-state index contributed by atoms with van der Waals surface area (Å²) < 4.78 is 5.30. The number of benzene rings is 1. The Morgan fingerprint density at radius 2 is 2.00 bits per heavy atom. The maximum absolute atomic E-state index is 12.0. The Kier molecular flexibility index (Phi) is 4.66. The third kappa shape index (κ3) is 4.01. The van der Waals surface area contributed by atoms with Gasteiger partial charge in [0.25, 0.3) is 0 Å². The number of carboxylic acid groups (broad SMARTS) is 1. The Morgan fingerprint density at radius 1 is 1.35 bits per heavy atom. The van der Waals surface area contributed by atoms with Gasteiger partial charge in [-0.05, 0) is 43.9 Å². The van der Waals surface area contributed by atoms with E-state index < -0.39 is 29.7 Å². The van der Waals surface area contributed by atoms with Gasteiger partial charge in [0.2, 0.25) is 0 Å². The molecule has 0 aliphatic heterocycles. The molecule has 1 aromatic carbocycles. The second-order valence-corrected chi connectivity index (χ2v) is 6.96. The van der Waals surface area contributed by atoms with Gasteiger partial charge in [0, 0.05) is 13.6 Å². The van der Waals surface area contributed by atoms with Crippen molar-refractivity contribution in [2.75, 3.05) is 7.05 Å². The molecule has 1 aliphatic rings. The molecule has 2 rings (SSSR count). The first-order chi connectivity index (χ1) is 10.6. The summed E-state index contributed by atoms with van der Waals surface area (Å²) in [5.41, 5.74) is 1.79. The van der Waals surface area contributed by atoms with Crippen LogP contribution in [0.4, 0.5) is 4.79 Å². The summed E-state index contributed by atoms with van der Waals surface area (Å²) in [7, 11) is 1.65. The highest BCUT2D eigenvalue weighted by atomic mass is 16.6. The Bertz CT molecular complexity index is 620. The molecule has 0 bridgehead atoms.